The number of benzene rings is 2. The third kappa shape index (κ3) is 2.15. The van der Waals surface area contributed by atoms with E-state index in [-0.39, 0.29) is 0 Å². The Balaban J connectivity index is 2.13. The highest BCUT2D eigenvalue weighted by molar-refractivity contribution is 7.19. The van der Waals surface area contributed by atoms with Crippen LogP contribution in [0.2, 0.25) is 0 Å². The first-order chi connectivity index (χ1) is 9.79. The first kappa shape index (κ1) is 12.4. The number of hydrogen-bond acceptors (Lipinski definition) is 4. The van der Waals surface area contributed by atoms with Crippen molar-refractivity contribution in [1.82, 2.24) is 4.98 Å². The Morgan fingerprint density at radius 1 is 1.00 bits per heavy atom. The largest absolute Gasteiger partial charge is 0.389 e. The molecule has 1 heterocycles. The monoisotopic (exact) mass is 277 g/mol. The fourth-order valence-electron chi connectivity index (χ4n) is 2.02. The minimum absolute atomic E-state index is 0.587. The third-order valence-electron chi connectivity index (χ3n) is 2.98. The summed E-state index contributed by atoms with van der Waals surface area (Å²) in [7, 11) is 0. The van der Waals surface area contributed by atoms with Gasteiger partial charge in [0.05, 0.1) is 11.6 Å². The number of nitrogens with zero attached hydrogens (tertiary/aromatic N) is 2. The molecule has 0 radical (unpaired) electrons. The molecule has 96 valence electrons. The van der Waals surface area contributed by atoms with Gasteiger partial charge in [0.15, 0.2) is 0 Å². The second-order valence-corrected chi connectivity index (χ2v) is 5.29. The molecule has 0 saturated carbocycles. The minimum Gasteiger partial charge on any atom is -0.389 e. The van der Waals surface area contributed by atoms with E-state index in [1.165, 1.54) is 11.3 Å². The maximum Gasteiger partial charge on any atom is 0.126 e. The summed E-state index contributed by atoms with van der Waals surface area (Å²) in [6, 6.07) is 19.4. The van der Waals surface area contributed by atoms with Crippen molar-refractivity contribution in [3.05, 3.63) is 60.2 Å². The fraction of sp³-hybridized carbons (Fsp3) is 0. The minimum atomic E-state index is 0.587. The Bertz CT molecular complexity index is 785. The highest BCUT2D eigenvalue weighted by atomic mass is 32.1. The maximum absolute atomic E-state index is 9.18. The van der Waals surface area contributed by atoms with E-state index in [2.05, 4.69) is 11.1 Å². The summed E-state index contributed by atoms with van der Waals surface area (Å²) in [5.41, 5.74) is 9.17. The van der Waals surface area contributed by atoms with E-state index in [1.807, 2.05) is 48.5 Å². The first-order valence-electron chi connectivity index (χ1n) is 6.11. The number of rotatable bonds is 2. The highest BCUT2D eigenvalue weighted by Gasteiger charge is 2.14. The van der Waals surface area contributed by atoms with Gasteiger partial charge >= 0.3 is 0 Å². The lowest BCUT2D eigenvalue weighted by Crippen LogP contribution is -1.89. The summed E-state index contributed by atoms with van der Waals surface area (Å²) in [6.07, 6.45) is 0. The van der Waals surface area contributed by atoms with E-state index in [0.717, 1.165) is 16.1 Å². The first-order valence-corrected chi connectivity index (χ1v) is 6.92. The van der Waals surface area contributed by atoms with Gasteiger partial charge in [-0.15, -0.1) is 0 Å². The van der Waals surface area contributed by atoms with Gasteiger partial charge in [0.2, 0.25) is 0 Å². The highest BCUT2D eigenvalue weighted by Crippen LogP contribution is 2.36. The van der Waals surface area contributed by atoms with E-state index in [0.29, 0.717) is 16.3 Å². The van der Waals surface area contributed by atoms with Gasteiger partial charge in [-0.1, -0.05) is 59.9 Å². The van der Waals surface area contributed by atoms with Crippen molar-refractivity contribution >= 4 is 16.3 Å². The van der Waals surface area contributed by atoms with Crippen LogP contribution in [0, 0.1) is 11.3 Å². The summed E-state index contributed by atoms with van der Waals surface area (Å²) in [6.45, 7) is 0. The molecule has 4 heteroatoms. The smallest absolute Gasteiger partial charge is 0.126 e. The second kappa shape index (κ2) is 5.16. The second-order valence-electron chi connectivity index (χ2n) is 4.26. The van der Waals surface area contributed by atoms with Gasteiger partial charge in [0, 0.05) is 11.1 Å². The number of aromatic nitrogens is 1. The van der Waals surface area contributed by atoms with E-state index in [9.17, 15) is 5.26 Å². The Morgan fingerprint density at radius 3 is 2.45 bits per heavy atom. The maximum atomic E-state index is 9.18. The zero-order valence-corrected chi connectivity index (χ0v) is 11.4. The van der Waals surface area contributed by atoms with Crippen LogP contribution < -0.4 is 5.73 Å². The molecular weight excluding hydrogens is 266 g/mol. The SMILES string of the molecule is N#Cc1ccccc1-c1nc(-c2ccccc2)sc1N. The molecule has 0 atom stereocenters. The topological polar surface area (TPSA) is 62.7 Å². The predicted molar refractivity (Wildman–Crippen MR) is 82.1 cm³/mol. The van der Waals surface area contributed by atoms with Crippen LogP contribution in [0.25, 0.3) is 21.8 Å². The van der Waals surface area contributed by atoms with Crippen LogP contribution in [0.15, 0.2) is 54.6 Å². The lowest BCUT2D eigenvalue weighted by Gasteiger charge is -2.00. The quantitative estimate of drug-likeness (QED) is 0.772. The van der Waals surface area contributed by atoms with Gasteiger partial charge in [-0.05, 0) is 6.07 Å². The Labute approximate surface area is 121 Å². The summed E-state index contributed by atoms with van der Waals surface area (Å²) in [5.74, 6) is 0. The number of nitrogen functional groups attached to an aromatic ring is 1. The summed E-state index contributed by atoms with van der Waals surface area (Å²) >= 11 is 1.44. The van der Waals surface area contributed by atoms with Crippen LogP contribution in [0.5, 0.6) is 0 Å². The normalized spacial score (nSPS) is 10.2. The Hall–Kier alpha value is -2.64. The number of thiazole rings is 1. The molecule has 0 saturated heterocycles. The standard InChI is InChI=1S/C16H11N3S/c17-10-12-8-4-5-9-13(12)14-15(18)20-16(19-14)11-6-2-1-3-7-11/h1-9H,18H2. The van der Waals surface area contributed by atoms with Gasteiger partial charge in [0.25, 0.3) is 0 Å². The molecule has 0 aliphatic rings. The predicted octanol–water partition coefficient (Wildman–Crippen LogP) is 3.93. The van der Waals surface area contributed by atoms with Crippen LogP contribution in [-0.4, -0.2) is 4.98 Å². The zero-order valence-electron chi connectivity index (χ0n) is 10.6. The van der Waals surface area contributed by atoms with E-state index >= 15 is 0 Å². The number of nitrogens with two attached hydrogens (primary N) is 1. The van der Waals surface area contributed by atoms with E-state index in [1.54, 1.807) is 6.07 Å². The van der Waals surface area contributed by atoms with Crippen LogP contribution in [-0.2, 0) is 0 Å². The summed E-state index contributed by atoms with van der Waals surface area (Å²) in [4.78, 5) is 4.60. The summed E-state index contributed by atoms with van der Waals surface area (Å²) < 4.78 is 0. The molecule has 3 aromatic rings. The molecule has 3 rings (SSSR count). The number of anilines is 1. The average molecular weight is 277 g/mol. The van der Waals surface area contributed by atoms with Crippen molar-refractivity contribution < 1.29 is 0 Å². The molecule has 1 aromatic heterocycles. The molecule has 0 bridgehead atoms. The van der Waals surface area contributed by atoms with E-state index in [4.69, 9.17) is 5.73 Å². The number of nitriles is 1. The van der Waals surface area contributed by atoms with Gasteiger partial charge in [-0.2, -0.15) is 5.26 Å². The van der Waals surface area contributed by atoms with Gasteiger partial charge in [-0.25, -0.2) is 4.98 Å². The van der Waals surface area contributed by atoms with Crippen molar-refractivity contribution in [2.45, 2.75) is 0 Å². The molecule has 20 heavy (non-hydrogen) atoms. The van der Waals surface area contributed by atoms with Gasteiger partial charge in [0.1, 0.15) is 15.7 Å². The number of hydrogen-bond donors (Lipinski definition) is 1. The Kier molecular flexibility index (Phi) is 3.20. The van der Waals surface area contributed by atoms with Crippen LogP contribution in [0.1, 0.15) is 5.56 Å². The van der Waals surface area contributed by atoms with Gasteiger partial charge < -0.3 is 5.73 Å². The van der Waals surface area contributed by atoms with Crippen LogP contribution in [0.3, 0.4) is 0 Å². The zero-order chi connectivity index (χ0) is 13.9. The molecule has 2 aromatic carbocycles. The summed E-state index contributed by atoms with van der Waals surface area (Å²) in [5, 5.41) is 10.7. The van der Waals surface area contributed by atoms with Crippen molar-refractivity contribution in [2.24, 2.45) is 0 Å². The molecule has 0 spiro atoms. The lowest BCUT2D eigenvalue weighted by molar-refractivity contribution is 1.39. The molecule has 3 nitrogen and oxygen atoms in total. The van der Waals surface area contributed by atoms with E-state index < -0.39 is 0 Å². The van der Waals surface area contributed by atoms with Crippen LogP contribution >= 0.6 is 11.3 Å². The molecule has 0 fully saturated rings. The van der Waals surface area contributed by atoms with Gasteiger partial charge in [-0.3, -0.25) is 0 Å². The molecule has 0 unspecified atom stereocenters. The molecule has 0 amide bonds. The average Bonchev–Trinajstić information content (AvgIpc) is 2.90. The third-order valence-corrected chi connectivity index (χ3v) is 3.91. The van der Waals surface area contributed by atoms with Crippen molar-refractivity contribution in [3.63, 3.8) is 0 Å². The van der Waals surface area contributed by atoms with Crippen molar-refractivity contribution in [2.75, 3.05) is 5.73 Å². The Morgan fingerprint density at radius 2 is 1.70 bits per heavy atom. The molecule has 0 aliphatic carbocycles. The molecule has 2 N–H and O–H groups in total. The van der Waals surface area contributed by atoms with Crippen molar-refractivity contribution in [3.8, 4) is 27.9 Å². The lowest BCUT2D eigenvalue weighted by atomic mass is 10.1. The molecular formula is C16H11N3S. The van der Waals surface area contributed by atoms with Crippen LogP contribution in [0.4, 0.5) is 5.00 Å². The molecule has 0 aliphatic heterocycles. The fourth-order valence-corrected chi connectivity index (χ4v) is 2.87. The van der Waals surface area contributed by atoms with Crippen molar-refractivity contribution in [1.29, 1.82) is 5.26 Å².